The van der Waals surface area contributed by atoms with Gasteiger partial charge in [0.25, 0.3) is 0 Å². The van der Waals surface area contributed by atoms with Crippen molar-refractivity contribution in [2.75, 3.05) is 12.4 Å². The van der Waals surface area contributed by atoms with Crippen molar-refractivity contribution in [1.29, 1.82) is 0 Å². The molecule has 88 valence electrons. The first kappa shape index (κ1) is 12.5. The highest BCUT2D eigenvalue weighted by atomic mass is 16.5. The number of nitrogens with one attached hydrogen (secondary N) is 1. The summed E-state index contributed by atoms with van der Waals surface area (Å²) in [6.45, 7) is 3.15. The maximum Gasteiger partial charge on any atom is 0.221 e. The highest BCUT2D eigenvalue weighted by molar-refractivity contribution is 5.91. The number of aliphatic hydroxyl groups is 1. The van der Waals surface area contributed by atoms with Gasteiger partial charge in [0.05, 0.1) is 18.9 Å². The Kier molecular flexibility index (Phi) is 4.31. The van der Waals surface area contributed by atoms with Gasteiger partial charge in [0.1, 0.15) is 5.75 Å². The molecule has 0 aliphatic carbocycles. The van der Waals surface area contributed by atoms with Crippen molar-refractivity contribution in [1.82, 2.24) is 0 Å². The number of methoxy groups -OCH3 is 1. The summed E-state index contributed by atoms with van der Waals surface area (Å²) in [7, 11) is 1.55. The second kappa shape index (κ2) is 5.51. The van der Waals surface area contributed by atoms with Crippen molar-refractivity contribution in [3.63, 3.8) is 0 Å². The zero-order valence-corrected chi connectivity index (χ0v) is 9.78. The maximum atomic E-state index is 11.1. The standard InChI is InChI=1S/C12H17NO3/c1-8(14)7-10-5-4-6-11(16-3)12(10)13-9(2)15/h4-6,8,14H,7H2,1-3H3,(H,13,15). The third-order valence-corrected chi connectivity index (χ3v) is 2.15. The molecule has 0 saturated carbocycles. The Hall–Kier alpha value is -1.55. The Morgan fingerprint density at radius 1 is 1.56 bits per heavy atom. The van der Waals surface area contributed by atoms with Gasteiger partial charge in [-0.2, -0.15) is 0 Å². The topological polar surface area (TPSA) is 58.6 Å². The number of hydrogen-bond acceptors (Lipinski definition) is 3. The van der Waals surface area contributed by atoms with Gasteiger partial charge in [-0.3, -0.25) is 4.79 Å². The molecule has 2 N–H and O–H groups in total. The summed E-state index contributed by atoms with van der Waals surface area (Å²) in [6, 6.07) is 5.47. The van der Waals surface area contributed by atoms with E-state index in [1.807, 2.05) is 12.1 Å². The molecule has 4 nitrogen and oxygen atoms in total. The minimum absolute atomic E-state index is 0.156. The van der Waals surface area contributed by atoms with Crippen molar-refractivity contribution < 1.29 is 14.6 Å². The molecule has 1 atom stereocenters. The first-order chi connectivity index (χ1) is 7.54. The molecule has 0 spiro atoms. The molecule has 1 amide bonds. The lowest BCUT2D eigenvalue weighted by Crippen LogP contribution is -2.12. The van der Waals surface area contributed by atoms with E-state index in [1.165, 1.54) is 6.92 Å². The minimum atomic E-state index is -0.459. The van der Waals surface area contributed by atoms with Crippen LogP contribution in [0.25, 0.3) is 0 Å². The number of carbonyl (C=O) groups is 1. The van der Waals surface area contributed by atoms with Crippen LogP contribution in [0.2, 0.25) is 0 Å². The summed E-state index contributed by atoms with van der Waals surface area (Å²) in [5, 5.41) is 12.1. The van der Waals surface area contributed by atoms with E-state index < -0.39 is 6.10 Å². The number of hydrogen-bond donors (Lipinski definition) is 2. The van der Waals surface area contributed by atoms with Gasteiger partial charge in [-0.25, -0.2) is 0 Å². The van der Waals surface area contributed by atoms with E-state index in [4.69, 9.17) is 4.74 Å². The molecule has 0 aliphatic heterocycles. The first-order valence-corrected chi connectivity index (χ1v) is 5.16. The van der Waals surface area contributed by atoms with Gasteiger partial charge in [0, 0.05) is 13.3 Å². The van der Waals surface area contributed by atoms with Gasteiger partial charge in [-0.05, 0) is 18.6 Å². The van der Waals surface area contributed by atoms with Gasteiger partial charge in [0.15, 0.2) is 0 Å². The Balaban J connectivity index is 3.09. The normalized spacial score (nSPS) is 12.0. The lowest BCUT2D eigenvalue weighted by molar-refractivity contribution is -0.114. The average Bonchev–Trinajstić information content (AvgIpc) is 2.19. The lowest BCUT2D eigenvalue weighted by atomic mass is 10.1. The zero-order chi connectivity index (χ0) is 12.1. The third kappa shape index (κ3) is 3.24. The van der Waals surface area contributed by atoms with E-state index in [0.29, 0.717) is 17.9 Å². The van der Waals surface area contributed by atoms with Crippen LogP contribution in [0.1, 0.15) is 19.4 Å². The molecule has 0 aromatic heterocycles. The maximum absolute atomic E-state index is 11.1. The predicted molar refractivity (Wildman–Crippen MR) is 62.7 cm³/mol. The summed E-state index contributed by atoms with van der Waals surface area (Å²) in [4.78, 5) is 11.1. The van der Waals surface area contributed by atoms with Crippen molar-refractivity contribution in [3.05, 3.63) is 23.8 Å². The average molecular weight is 223 g/mol. The fourth-order valence-electron chi connectivity index (χ4n) is 1.55. The van der Waals surface area contributed by atoms with Crippen LogP contribution in [0.15, 0.2) is 18.2 Å². The minimum Gasteiger partial charge on any atom is -0.495 e. The number of carbonyl (C=O) groups excluding carboxylic acids is 1. The largest absolute Gasteiger partial charge is 0.495 e. The molecular formula is C12H17NO3. The molecule has 0 aliphatic rings. The molecule has 0 fully saturated rings. The molecule has 0 radical (unpaired) electrons. The summed E-state index contributed by atoms with van der Waals surface area (Å²) < 4.78 is 5.17. The van der Waals surface area contributed by atoms with Crippen molar-refractivity contribution in [2.45, 2.75) is 26.4 Å². The summed E-state index contributed by atoms with van der Waals surface area (Å²) in [5.41, 5.74) is 1.50. The Morgan fingerprint density at radius 3 is 2.75 bits per heavy atom. The molecule has 1 aromatic carbocycles. The molecule has 0 bridgehead atoms. The van der Waals surface area contributed by atoms with E-state index >= 15 is 0 Å². The zero-order valence-electron chi connectivity index (χ0n) is 9.78. The van der Waals surface area contributed by atoms with Crippen molar-refractivity contribution in [3.8, 4) is 5.75 Å². The smallest absolute Gasteiger partial charge is 0.221 e. The van der Waals surface area contributed by atoms with Crippen LogP contribution >= 0.6 is 0 Å². The SMILES string of the molecule is COc1cccc(CC(C)O)c1NC(C)=O. The van der Waals surface area contributed by atoms with Crippen LogP contribution in [-0.4, -0.2) is 24.2 Å². The fraction of sp³-hybridized carbons (Fsp3) is 0.417. The number of rotatable bonds is 4. The van der Waals surface area contributed by atoms with Crippen molar-refractivity contribution >= 4 is 11.6 Å². The van der Waals surface area contributed by atoms with Crippen LogP contribution in [-0.2, 0) is 11.2 Å². The second-order valence-electron chi connectivity index (χ2n) is 3.73. The molecule has 0 heterocycles. The van der Waals surface area contributed by atoms with Gasteiger partial charge >= 0.3 is 0 Å². The number of benzene rings is 1. The molecule has 16 heavy (non-hydrogen) atoms. The highest BCUT2D eigenvalue weighted by Crippen LogP contribution is 2.29. The highest BCUT2D eigenvalue weighted by Gasteiger charge is 2.11. The lowest BCUT2D eigenvalue weighted by Gasteiger charge is -2.15. The second-order valence-corrected chi connectivity index (χ2v) is 3.73. The Labute approximate surface area is 95.2 Å². The number of aliphatic hydroxyl groups excluding tert-OH is 1. The van der Waals surface area contributed by atoms with Crippen LogP contribution in [0.3, 0.4) is 0 Å². The Morgan fingerprint density at radius 2 is 2.25 bits per heavy atom. The molecule has 1 aromatic rings. The third-order valence-electron chi connectivity index (χ3n) is 2.15. The van der Waals surface area contributed by atoms with Crippen LogP contribution in [0.5, 0.6) is 5.75 Å². The number of ether oxygens (including phenoxy) is 1. The van der Waals surface area contributed by atoms with Gasteiger partial charge in [-0.15, -0.1) is 0 Å². The Bertz CT molecular complexity index is 375. The van der Waals surface area contributed by atoms with Crippen molar-refractivity contribution in [2.24, 2.45) is 0 Å². The molecule has 0 saturated heterocycles. The van der Waals surface area contributed by atoms with E-state index in [-0.39, 0.29) is 5.91 Å². The predicted octanol–water partition coefficient (Wildman–Crippen LogP) is 1.58. The van der Waals surface area contributed by atoms with E-state index in [1.54, 1.807) is 20.1 Å². The van der Waals surface area contributed by atoms with E-state index in [0.717, 1.165) is 5.56 Å². The van der Waals surface area contributed by atoms with Gasteiger partial charge in [0.2, 0.25) is 5.91 Å². The van der Waals surface area contributed by atoms with Gasteiger partial charge < -0.3 is 15.2 Å². The molecule has 4 heteroatoms. The van der Waals surface area contributed by atoms with Gasteiger partial charge in [-0.1, -0.05) is 12.1 Å². The monoisotopic (exact) mass is 223 g/mol. The number of amides is 1. The fourth-order valence-corrected chi connectivity index (χ4v) is 1.55. The molecular weight excluding hydrogens is 206 g/mol. The van der Waals surface area contributed by atoms with E-state index in [2.05, 4.69) is 5.32 Å². The summed E-state index contributed by atoms with van der Waals surface area (Å²) in [6.07, 6.45) is 0.0203. The summed E-state index contributed by atoms with van der Waals surface area (Å²) in [5.74, 6) is 0.449. The first-order valence-electron chi connectivity index (χ1n) is 5.16. The molecule has 1 unspecified atom stereocenters. The van der Waals surface area contributed by atoms with Crippen LogP contribution < -0.4 is 10.1 Å². The van der Waals surface area contributed by atoms with E-state index in [9.17, 15) is 9.90 Å². The number of anilines is 1. The molecule has 1 rings (SSSR count). The van der Waals surface area contributed by atoms with Crippen LogP contribution in [0.4, 0.5) is 5.69 Å². The van der Waals surface area contributed by atoms with Crippen LogP contribution in [0, 0.1) is 0 Å². The number of para-hydroxylation sites is 1. The quantitative estimate of drug-likeness (QED) is 0.814. The summed E-state index contributed by atoms with van der Waals surface area (Å²) >= 11 is 0.